The zero-order valence-corrected chi connectivity index (χ0v) is 27.1. The molecule has 4 aromatic rings. The van der Waals surface area contributed by atoms with Gasteiger partial charge < -0.3 is 9.47 Å². The van der Waals surface area contributed by atoms with Gasteiger partial charge in [0.05, 0.1) is 39.3 Å². The largest absolute Gasteiger partial charge is 0.496 e. The maximum absolute atomic E-state index is 14.1. The Balaban J connectivity index is 1.70. The number of esters is 1. The summed E-state index contributed by atoms with van der Waals surface area (Å²) >= 11 is 5.73. The van der Waals surface area contributed by atoms with Gasteiger partial charge in [0.2, 0.25) is 0 Å². The first-order valence-corrected chi connectivity index (χ1v) is 16.0. The lowest BCUT2D eigenvalue weighted by Crippen LogP contribution is -2.40. The first-order valence-electron chi connectivity index (χ1n) is 13.5. The maximum Gasteiger partial charge on any atom is 0.338 e. The van der Waals surface area contributed by atoms with E-state index in [0.29, 0.717) is 54.8 Å². The number of nitrogens with zero attached hydrogens (tertiary/aromatic N) is 5. The van der Waals surface area contributed by atoms with Crippen molar-refractivity contribution in [2.75, 3.05) is 13.7 Å². The van der Waals surface area contributed by atoms with Gasteiger partial charge in [0.25, 0.3) is 11.2 Å². The first-order chi connectivity index (χ1) is 21.2. The van der Waals surface area contributed by atoms with Crippen LogP contribution in [0.25, 0.3) is 6.08 Å². The Morgan fingerprint density at radius 1 is 1.20 bits per heavy atom. The zero-order valence-electron chi connectivity index (χ0n) is 23.9. The lowest BCUT2D eigenvalue weighted by atomic mass is 9.93. The Morgan fingerprint density at radius 2 is 1.98 bits per heavy atom. The van der Waals surface area contributed by atoms with Gasteiger partial charge in [-0.15, -0.1) is 0 Å². The second-order valence-electron chi connectivity index (χ2n) is 9.42. The minimum atomic E-state index is -0.875. The van der Waals surface area contributed by atoms with Crippen molar-refractivity contribution in [1.82, 2.24) is 14.5 Å². The predicted molar refractivity (Wildman–Crippen MR) is 170 cm³/mol. The molecule has 3 heterocycles. The highest BCUT2D eigenvalue weighted by atomic mass is 79.9. The smallest absolute Gasteiger partial charge is 0.338 e. The van der Waals surface area contributed by atoms with Crippen LogP contribution in [0.3, 0.4) is 0 Å². The molecule has 0 aliphatic carbocycles. The van der Waals surface area contributed by atoms with Crippen molar-refractivity contribution in [1.29, 1.82) is 0 Å². The van der Waals surface area contributed by atoms with Crippen LogP contribution >= 0.6 is 39.0 Å². The van der Waals surface area contributed by atoms with Crippen LogP contribution in [-0.2, 0) is 9.53 Å². The molecule has 11 nitrogen and oxygen atoms in total. The Kier molecular flexibility index (Phi) is 9.71. The van der Waals surface area contributed by atoms with E-state index in [9.17, 15) is 19.7 Å². The Hall–Kier alpha value is -4.14. The van der Waals surface area contributed by atoms with Crippen LogP contribution in [-0.4, -0.2) is 39.1 Å². The van der Waals surface area contributed by atoms with Gasteiger partial charge in [0.1, 0.15) is 11.8 Å². The third-order valence-electron chi connectivity index (χ3n) is 6.60. The van der Waals surface area contributed by atoms with Crippen LogP contribution in [0.5, 0.6) is 5.75 Å². The highest BCUT2D eigenvalue weighted by molar-refractivity contribution is 9.10. The lowest BCUT2D eigenvalue weighted by molar-refractivity contribution is -0.387. The molecule has 1 aliphatic heterocycles. The summed E-state index contributed by atoms with van der Waals surface area (Å²) in [5, 5.41) is 12.4. The molecule has 44 heavy (non-hydrogen) atoms. The van der Waals surface area contributed by atoms with Gasteiger partial charge in [-0.2, -0.15) is 0 Å². The summed E-state index contributed by atoms with van der Waals surface area (Å²) in [6, 6.07) is 10.9. The van der Waals surface area contributed by atoms with Crippen LogP contribution in [0.4, 0.5) is 5.69 Å². The fourth-order valence-electron chi connectivity index (χ4n) is 4.78. The summed E-state index contributed by atoms with van der Waals surface area (Å²) in [5.41, 5.74) is 1.29. The van der Waals surface area contributed by atoms with E-state index >= 15 is 0 Å². The number of aromatic nitrogens is 3. The fourth-order valence-corrected chi connectivity index (χ4v) is 6.97. The lowest BCUT2D eigenvalue weighted by Gasteiger charge is -2.27. The molecule has 1 aliphatic rings. The molecular formula is C30H26BrN5O6S2. The quantitative estimate of drug-likeness (QED) is 0.0948. The van der Waals surface area contributed by atoms with Crippen LogP contribution in [0.1, 0.15) is 43.9 Å². The average Bonchev–Trinajstić information content (AvgIpc) is 3.31. The first kappa shape index (κ1) is 31.3. The minimum Gasteiger partial charge on any atom is -0.496 e. The van der Waals surface area contributed by atoms with Crippen molar-refractivity contribution in [2.45, 2.75) is 42.8 Å². The molecule has 226 valence electrons. The third-order valence-corrected chi connectivity index (χ3v) is 9.03. The average molecular weight is 697 g/mol. The van der Waals surface area contributed by atoms with Crippen LogP contribution < -0.4 is 19.6 Å². The molecule has 5 rings (SSSR count). The number of fused-ring (bicyclic) bond motifs is 1. The van der Waals surface area contributed by atoms with Crippen molar-refractivity contribution in [3.8, 4) is 5.75 Å². The molecule has 0 fully saturated rings. The number of hydrogen-bond donors (Lipinski definition) is 0. The molecule has 0 amide bonds. The van der Waals surface area contributed by atoms with E-state index in [-0.39, 0.29) is 17.9 Å². The Labute approximate surface area is 268 Å². The van der Waals surface area contributed by atoms with E-state index in [0.717, 1.165) is 27.6 Å². The van der Waals surface area contributed by atoms with Crippen LogP contribution in [0, 0.1) is 10.1 Å². The van der Waals surface area contributed by atoms with E-state index in [4.69, 9.17) is 14.5 Å². The van der Waals surface area contributed by atoms with E-state index in [1.165, 1.54) is 17.7 Å². The molecule has 0 spiro atoms. The highest BCUT2D eigenvalue weighted by Crippen LogP contribution is 2.38. The van der Waals surface area contributed by atoms with Gasteiger partial charge in [-0.05, 0) is 67.1 Å². The highest BCUT2D eigenvalue weighted by Gasteiger charge is 2.36. The van der Waals surface area contributed by atoms with Crippen molar-refractivity contribution in [3.05, 3.63) is 112 Å². The summed E-state index contributed by atoms with van der Waals surface area (Å²) < 4.78 is 13.6. The van der Waals surface area contributed by atoms with Crippen LogP contribution in [0.15, 0.2) is 90.4 Å². The van der Waals surface area contributed by atoms with E-state index in [1.807, 2.05) is 19.1 Å². The third kappa shape index (κ3) is 6.37. The monoisotopic (exact) mass is 695 g/mol. The molecule has 0 radical (unpaired) electrons. The fraction of sp³-hybridized carbons (Fsp3) is 0.233. The molecule has 0 saturated carbocycles. The van der Waals surface area contributed by atoms with E-state index < -0.39 is 22.5 Å². The molecule has 1 atom stereocenters. The topological polar surface area (TPSA) is 139 Å². The molecule has 0 N–H and O–H groups in total. The molecule has 2 aromatic heterocycles. The summed E-state index contributed by atoms with van der Waals surface area (Å²) in [6.45, 7) is 3.85. The van der Waals surface area contributed by atoms with Crippen molar-refractivity contribution >= 4 is 56.8 Å². The Morgan fingerprint density at radius 3 is 2.66 bits per heavy atom. The van der Waals surface area contributed by atoms with Crippen molar-refractivity contribution in [2.24, 2.45) is 4.99 Å². The normalized spacial score (nSPS) is 14.6. The minimum absolute atomic E-state index is 0.143. The maximum atomic E-state index is 14.1. The number of carbonyl (C=O) groups is 1. The predicted octanol–water partition coefficient (Wildman–Crippen LogP) is 5.20. The van der Waals surface area contributed by atoms with Gasteiger partial charge in [-0.1, -0.05) is 46.7 Å². The number of allylic oxidation sites excluding steroid dienone is 1. The number of hydrogen-bond acceptors (Lipinski definition) is 11. The molecule has 14 heteroatoms. The number of halogens is 1. The number of nitro benzene ring substituents is 1. The number of benzene rings is 2. The molecule has 0 saturated heterocycles. The Bertz CT molecular complexity index is 1960. The van der Waals surface area contributed by atoms with Crippen LogP contribution in [0.2, 0.25) is 0 Å². The summed E-state index contributed by atoms with van der Waals surface area (Å²) in [6.07, 6.45) is 5.91. The van der Waals surface area contributed by atoms with Gasteiger partial charge in [0, 0.05) is 28.5 Å². The second kappa shape index (κ2) is 13.7. The number of nitro groups is 1. The summed E-state index contributed by atoms with van der Waals surface area (Å²) in [4.78, 5) is 52.8. The zero-order chi connectivity index (χ0) is 31.4. The van der Waals surface area contributed by atoms with Crippen molar-refractivity contribution < 1.29 is 19.2 Å². The number of carbonyl (C=O) groups excluding carboxylic acids is 1. The van der Waals surface area contributed by atoms with E-state index in [2.05, 4.69) is 25.9 Å². The summed E-state index contributed by atoms with van der Waals surface area (Å²) in [7, 11) is 1.52. The summed E-state index contributed by atoms with van der Waals surface area (Å²) in [5.74, 6) is -0.0782. The molecule has 2 aromatic carbocycles. The van der Waals surface area contributed by atoms with Gasteiger partial charge in [-0.25, -0.2) is 19.8 Å². The van der Waals surface area contributed by atoms with Gasteiger partial charge in [-0.3, -0.25) is 19.5 Å². The molecule has 0 bridgehead atoms. The van der Waals surface area contributed by atoms with Gasteiger partial charge >= 0.3 is 5.97 Å². The SMILES string of the molecule is CCCC1=C(C(=O)OCC)[C@@H](c2cc(Br)ccc2OC)n2c(s/c(=C\c3ccc(Sc4ncccn4)c([N+](=O)[O-])c3)c2=O)=N1. The number of methoxy groups -OCH3 is 1. The van der Waals surface area contributed by atoms with Gasteiger partial charge in [0.15, 0.2) is 9.96 Å². The van der Waals surface area contributed by atoms with Crippen molar-refractivity contribution in [3.63, 3.8) is 0 Å². The van der Waals surface area contributed by atoms with E-state index in [1.54, 1.807) is 49.7 Å². The molecule has 0 unspecified atom stereocenters. The number of rotatable bonds is 10. The standard InChI is InChI=1S/C30H26BrN5O6S2/c1-4-7-20-25(28(38)42-5-2)26(19-16-18(31)9-10-22(19)41-3)35-27(37)24(44-30(35)34-20)15-17-8-11-23(21(14-17)36(39)40)43-29-32-12-6-13-33-29/h6,8-16,26H,4-5,7H2,1-3H3/b24-15-/t26-/m1/s1. The second-order valence-corrected chi connectivity index (χ2v) is 12.4. The number of thiazole rings is 1. The molecular weight excluding hydrogens is 670 g/mol. The number of ether oxygens (including phenoxy) is 2.